The predicted molar refractivity (Wildman–Crippen MR) is 78.3 cm³/mol. The van der Waals surface area contributed by atoms with Crippen LogP contribution in [0.2, 0.25) is 0 Å². The largest absolute Gasteiger partial charge is 0.493 e. The summed E-state index contributed by atoms with van der Waals surface area (Å²) >= 11 is 0. The van der Waals surface area contributed by atoms with Crippen LogP contribution in [0, 0.1) is 11.8 Å². The molecule has 0 aliphatic heterocycles. The van der Waals surface area contributed by atoms with Gasteiger partial charge in [-0.05, 0) is 37.2 Å². The molecule has 0 saturated heterocycles. The maximum Gasteiger partial charge on any atom is 0.125 e. The van der Waals surface area contributed by atoms with Crippen molar-refractivity contribution in [3.8, 4) is 5.75 Å². The summed E-state index contributed by atoms with van der Waals surface area (Å²) in [5.41, 5.74) is 0.240. The van der Waals surface area contributed by atoms with Gasteiger partial charge in [-0.3, -0.25) is 0 Å². The molecular weight excluding hydrogens is 236 g/mol. The van der Waals surface area contributed by atoms with Crippen LogP contribution in [0.25, 0.3) is 0 Å². The van der Waals surface area contributed by atoms with E-state index in [1.165, 1.54) is 6.42 Å². The standard InChI is InChI=1S/C17H26O2/c1-4-11-19-16-8-6-5-7-15(16)17(18)12-13(2)9-10-14(17)3/h5-8,13-14,18H,4,9-12H2,1-3H3. The molecule has 0 aromatic heterocycles. The van der Waals surface area contributed by atoms with E-state index in [0.29, 0.717) is 12.5 Å². The molecule has 106 valence electrons. The van der Waals surface area contributed by atoms with E-state index in [2.05, 4.69) is 20.8 Å². The van der Waals surface area contributed by atoms with Crippen molar-refractivity contribution in [3.05, 3.63) is 29.8 Å². The summed E-state index contributed by atoms with van der Waals surface area (Å²) in [4.78, 5) is 0. The first kappa shape index (κ1) is 14.4. The van der Waals surface area contributed by atoms with Gasteiger partial charge in [-0.25, -0.2) is 0 Å². The summed E-state index contributed by atoms with van der Waals surface area (Å²) in [5, 5.41) is 11.2. The number of para-hydroxylation sites is 1. The Morgan fingerprint density at radius 3 is 2.74 bits per heavy atom. The minimum atomic E-state index is -0.734. The summed E-state index contributed by atoms with van der Waals surface area (Å²) in [6.45, 7) is 7.19. The molecule has 1 N–H and O–H groups in total. The zero-order chi connectivity index (χ0) is 13.9. The van der Waals surface area contributed by atoms with E-state index < -0.39 is 5.60 Å². The number of benzene rings is 1. The van der Waals surface area contributed by atoms with Gasteiger partial charge in [0.15, 0.2) is 0 Å². The molecule has 1 fully saturated rings. The first-order valence-electron chi connectivity index (χ1n) is 7.52. The molecule has 2 nitrogen and oxygen atoms in total. The van der Waals surface area contributed by atoms with Gasteiger partial charge in [0.2, 0.25) is 0 Å². The lowest BCUT2D eigenvalue weighted by atomic mass is 9.68. The summed E-state index contributed by atoms with van der Waals surface area (Å²) in [7, 11) is 0. The maximum absolute atomic E-state index is 11.2. The van der Waals surface area contributed by atoms with Gasteiger partial charge in [0.25, 0.3) is 0 Å². The Balaban J connectivity index is 2.33. The second kappa shape index (κ2) is 5.96. The van der Waals surface area contributed by atoms with Crippen molar-refractivity contribution in [2.24, 2.45) is 11.8 Å². The second-order valence-electron chi connectivity index (χ2n) is 6.06. The minimum absolute atomic E-state index is 0.287. The highest BCUT2D eigenvalue weighted by molar-refractivity contribution is 5.39. The van der Waals surface area contributed by atoms with Crippen LogP contribution >= 0.6 is 0 Å². The molecule has 0 heterocycles. The molecule has 0 amide bonds. The Morgan fingerprint density at radius 2 is 2.00 bits per heavy atom. The van der Waals surface area contributed by atoms with Gasteiger partial charge in [-0.15, -0.1) is 0 Å². The lowest BCUT2D eigenvalue weighted by molar-refractivity contribution is -0.0643. The zero-order valence-corrected chi connectivity index (χ0v) is 12.4. The highest BCUT2D eigenvalue weighted by Crippen LogP contribution is 2.46. The third-order valence-corrected chi connectivity index (χ3v) is 4.38. The van der Waals surface area contributed by atoms with Crippen molar-refractivity contribution in [2.75, 3.05) is 6.61 Å². The first-order chi connectivity index (χ1) is 9.08. The van der Waals surface area contributed by atoms with Crippen LogP contribution in [0.15, 0.2) is 24.3 Å². The van der Waals surface area contributed by atoms with Crippen molar-refractivity contribution in [1.82, 2.24) is 0 Å². The quantitative estimate of drug-likeness (QED) is 0.884. The van der Waals surface area contributed by atoms with E-state index >= 15 is 0 Å². The van der Waals surface area contributed by atoms with Crippen LogP contribution in [0.3, 0.4) is 0 Å². The Morgan fingerprint density at radius 1 is 1.26 bits per heavy atom. The molecule has 0 spiro atoms. The van der Waals surface area contributed by atoms with E-state index in [1.54, 1.807) is 0 Å². The zero-order valence-electron chi connectivity index (χ0n) is 12.4. The normalized spacial score (nSPS) is 31.2. The van der Waals surface area contributed by atoms with Crippen molar-refractivity contribution in [1.29, 1.82) is 0 Å². The van der Waals surface area contributed by atoms with E-state index in [0.717, 1.165) is 30.6 Å². The third kappa shape index (κ3) is 2.94. The second-order valence-corrected chi connectivity index (χ2v) is 6.06. The SMILES string of the molecule is CCCOc1ccccc1C1(O)CC(C)CCC1C. The molecule has 1 aromatic rings. The van der Waals surface area contributed by atoms with Gasteiger partial charge in [0.1, 0.15) is 5.75 Å². The number of ether oxygens (including phenoxy) is 1. The van der Waals surface area contributed by atoms with Gasteiger partial charge in [-0.2, -0.15) is 0 Å². The smallest absolute Gasteiger partial charge is 0.125 e. The van der Waals surface area contributed by atoms with Crippen molar-refractivity contribution in [2.45, 2.75) is 52.1 Å². The number of rotatable bonds is 4. The highest BCUT2D eigenvalue weighted by Gasteiger charge is 2.41. The van der Waals surface area contributed by atoms with Crippen molar-refractivity contribution < 1.29 is 9.84 Å². The van der Waals surface area contributed by atoms with Gasteiger partial charge in [-0.1, -0.05) is 45.4 Å². The topological polar surface area (TPSA) is 29.5 Å². The van der Waals surface area contributed by atoms with Crippen LogP contribution < -0.4 is 4.74 Å². The number of aliphatic hydroxyl groups is 1. The fraction of sp³-hybridized carbons (Fsp3) is 0.647. The summed E-state index contributed by atoms with van der Waals surface area (Å²) < 4.78 is 5.83. The summed E-state index contributed by atoms with van der Waals surface area (Å²) in [5.74, 6) is 1.71. The highest BCUT2D eigenvalue weighted by atomic mass is 16.5. The van der Waals surface area contributed by atoms with E-state index in [1.807, 2.05) is 24.3 Å². The van der Waals surface area contributed by atoms with Crippen molar-refractivity contribution >= 4 is 0 Å². The molecule has 1 aliphatic rings. The van der Waals surface area contributed by atoms with E-state index in [-0.39, 0.29) is 5.92 Å². The molecule has 19 heavy (non-hydrogen) atoms. The molecule has 0 bridgehead atoms. The molecule has 2 rings (SSSR count). The average Bonchev–Trinajstić information content (AvgIpc) is 2.41. The Bertz CT molecular complexity index is 415. The van der Waals surface area contributed by atoms with Crippen LogP contribution in [-0.2, 0) is 5.60 Å². The molecule has 1 saturated carbocycles. The van der Waals surface area contributed by atoms with Gasteiger partial charge in [0, 0.05) is 5.56 Å². The van der Waals surface area contributed by atoms with E-state index in [9.17, 15) is 5.11 Å². The molecule has 2 heteroatoms. The van der Waals surface area contributed by atoms with Gasteiger partial charge >= 0.3 is 0 Å². The van der Waals surface area contributed by atoms with Crippen LogP contribution in [-0.4, -0.2) is 11.7 Å². The predicted octanol–water partition coefficient (Wildman–Crippen LogP) is 4.12. The molecule has 3 atom stereocenters. The fourth-order valence-electron chi connectivity index (χ4n) is 3.15. The molecule has 0 radical (unpaired) electrons. The van der Waals surface area contributed by atoms with Gasteiger partial charge in [0.05, 0.1) is 12.2 Å². The van der Waals surface area contributed by atoms with Crippen LogP contribution in [0.4, 0.5) is 0 Å². The summed E-state index contributed by atoms with van der Waals surface area (Å²) in [6, 6.07) is 7.99. The third-order valence-electron chi connectivity index (χ3n) is 4.38. The number of hydrogen-bond donors (Lipinski definition) is 1. The lowest BCUT2D eigenvalue weighted by Crippen LogP contribution is -2.39. The first-order valence-corrected chi connectivity index (χ1v) is 7.52. The van der Waals surface area contributed by atoms with Crippen molar-refractivity contribution in [3.63, 3.8) is 0 Å². The Hall–Kier alpha value is -1.02. The molecule has 1 aliphatic carbocycles. The average molecular weight is 262 g/mol. The minimum Gasteiger partial charge on any atom is -0.493 e. The molecular formula is C17H26O2. The molecule has 3 unspecified atom stereocenters. The monoisotopic (exact) mass is 262 g/mol. The Kier molecular flexibility index (Phi) is 4.51. The fourth-order valence-corrected chi connectivity index (χ4v) is 3.15. The van der Waals surface area contributed by atoms with E-state index in [4.69, 9.17) is 4.74 Å². The lowest BCUT2D eigenvalue weighted by Gasteiger charge is -2.42. The number of hydrogen-bond acceptors (Lipinski definition) is 2. The summed E-state index contributed by atoms with van der Waals surface area (Å²) in [6.07, 6.45) is 4.11. The van der Waals surface area contributed by atoms with Crippen LogP contribution in [0.5, 0.6) is 5.75 Å². The van der Waals surface area contributed by atoms with Gasteiger partial charge < -0.3 is 9.84 Å². The van der Waals surface area contributed by atoms with Crippen LogP contribution in [0.1, 0.15) is 52.0 Å². The maximum atomic E-state index is 11.2. The Labute approximate surface area is 116 Å². The molecule has 1 aromatic carbocycles.